The van der Waals surface area contributed by atoms with Gasteiger partial charge < -0.3 is 10.4 Å². The molecule has 25 heavy (non-hydrogen) atoms. The van der Waals surface area contributed by atoms with Gasteiger partial charge in [-0.05, 0) is 25.5 Å². The molecule has 0 amide bonds. The fourth-order valence-electron chi connectivity index (χ4n) is 2.47. The van der Waals surface area contributed by atoms with Crippen molar-refractivity contribution in [2.45, 2.75) is 19.9 Å². The first-order chi connectivity index (χ1) is 11.9. The molecular formula is C18H19N5O2. The number of anilines is 1. The minimum Gasteiger partial charge on any atom is -0.477 e. The zero-order valence-corrected chi connectivity index (χ0v) is 14.3. The van der Waals surface area contributed by atoms with Crippen molar-refractivity contribution in [3.63, 3.8) is 0 Å². The van der Waals surface area contributed by atoms with Crippen molar-refractivity contribution >= 4 is 11.8 Å². The lowest BCUT2D eigenvalue weighted by atomic mass is 10.1. The Labute approximate surface area is 145 Å². The molecule has 0 saturated carbocycles. The highest BCUT2D eigenvalue weighted by Gasteiger charge is 2.15. The van der Waals surface area contributed by atoms with Crippen LogP contribution in [0.5, 0.6) is 0 Å². The summed E-state index contributed by atoms with van der Waals surface area (Å²) in [6.45, 7) is 3.85. The Morgan fingerprint density at radius 2 is 1.96 bits per heavy atom. The Hall–Kier alpha value is -3.22. The molecule has 7 heteroatoms. The number of nitrogens with one attached hydrogen (secondary N) is 1. The van der Waals surface area contributed by atoms with Crippen LogP contribution in [0.4, 0.5) is 5.82 Å². The van der Waals surface area contributed by atoms with Gasteiger partial charge in [-0.3, -0.25) is 4.68 Å². The van der Waals surface area contributed by atoms with Crippen molar-refractivity contribution in [2.24, 2.45) is 7.05 Å². The number of aromatic carboxylic acids is 1. The molecular weight excluding hydrogens is 318 g/mol. The Morgan fingerprint density at radius 1 is 1.20 bits per heavy atom. The van der Waals surface area contributed by atoms with E-state index in [4.69, 9.17) is 0 Å². The molecule has 0 fully saturated rings. The predicted octanol–water partition coefficient (Wildman–Crippen LogP) is 3.06. The number of carboxylic acids is 1. The molecule has 0 atom stereocenters. The lowest BCUT2D eigenvalue weighted by Crippen LogP contribution is -2.16. The van der Waals surface area contributed by atoms with Crippen LogP contribution in [0.2, 0.25) is 0 Å². The third-order valence-electron chi connectivity index (χ3n) is 3.60. The van der Waals surface area contributed by atoms with E-state index in [1.807, 2.05) is 51.4 Å². The number of carboxylic acid groups (broad SMARTS) is 1. The lowest BCUT2D eigenvalue weighted by Gasteiger charge is -2.13. The number of nitrogens with zero attached hydrogens (tertiary/aromatic N) is 4. The summed E-state index contributed by atoms with van der Waals surface area (Å²) in [6, 6.07) is 7.82. The molecule has 0 unspecified atom stereocenters. The number of benzene rings is 1. The van der Waals surface area contributed by atoms with Crippen LogP contribution in [-0.2, 0) is 7.05 Å². The van der Waals surface area contributed by atoms with Gasteiger partial charge in [0.2, 0.25) is 0 Å². The Balaban J connectivity index is 2.03. The third kappa shape index (κ3) is 3.65. The van der Waals surface area contributed by atoms with E-state index in [2.05, 4.69) is 20.4 Å². The Kier molecular flexibility index (Phi) is 4.47. The van der Waals surface area contributed by atoms with E-state index in [0.717, 1.165) is 16.7 Å². The highest BCUT2D eigenvalue weighted by molar-refractivity contribution is 5.93. The van der Waals surface area contributed by atoms with Crippen molar-refractivity contribution in [3.05, 3.63) is 48.4 Å². The average molecular weight is 337 g/mol. The molecule has 0 bridgehead atoms. The first kappa shape index (κ1) is 16.6. The van der Waals surface area contributed by atoms with E-state index >= 15 is 0 Å². The topological polar surface area (TPSA) is 92.9 Å². The van der Waals surface area contributed by atoms with Crippen LogP contribution in [0, 0.1) is 0 Å². The maximum Gasteiger partial charge on any atom is 0.341 e. The van der Waals surface area contributed by atoms with Crippen LogP contribution in [-0.4, -0.2) is 36.9 Å². The van der Waals surface area contributed by atoms with E-state index in [-0.39, 0.29) is 11.6 Å². The molecule has 7 nitrogen and oxygen atoms in total. The summed E-state index contributed by atoms with van der Waals surface area (Å²) < 4.78 is 1.74. The summed E-state index contributed by atoms with van der Waals surface area (Å²) >= 11 is 0. The van der Waals surface area contributed by atoms with Gasteiger partial charge in [-0.15, -0.1) is 0 Å². The fourth-order valence-corrected chi connectivity index (χ4v) is 2.47. The first-order valence-corrected chi connectivity index (χ1v) is 7.90. The SMILES string of the molecule is CC(C)Nc1nc(-c2cccc(-c3cnn(C)c3)c2)ncc1C(=O)O. The molecule has 0 spiro atoms. The van der Waals surface area contributed by atoms with Gasteiger partial charge in [0, 0.05) is 36.6 Å². The lowest BCUT2D eigenvalue weighted by molar-refractivity contribution is 0.0697. The number of hydrogen-bond acceptors (Lipinski definition) is 5. The van der Waals surface area contributed by atoms with Crippen LogP contribution in [0.25, 0.3) is 22.5 Å². The highest BCUT2D eigenvalue weighted by Crippen LogP contribution is 2.25. The largest absolute Gasteiger partial charge is 0.477 e. The zero-order valence-electron chi connectivity index (χ0n) is 14.3. The second-order valence-electron chi connectivity index (χ2n) is 6.04. The molecule has 1 aromatic carbocycles. The summed E-state index contributed by atoms with van der Waals surface area (Å²) in [4.78, 5) is 20.0. The molecule has 3 aromatic rings. The molecule has 0 saturated heterocycles. The van der Waals surface area contributed by atoms with Gasteiger partial charge in [0.05, 0.1) is 6.20 Å². The normalized spacial score (nSPS) is 10.9. The summed E-state index contributed by atoms with van der Waals surface area (Å²) in [5, 5.41) is 16.6. The Morgan fingerprint density at radius 3 is 2.60 bits per heavy atom. The van der Waals surface area contributed by atoms with Crippen molar-refractivity contribution in [1.82, 2.24) is 19.7 Å². The van der Waals surface area contributed by atoms with Crippen molar-refractivity contribution in [2.75, 3.05) is 5.32 Å². The molecule has 2 aromatic heterocycles. The van der Waals surface area contributed by atoms with E-state index in [1.54, 1.807) is 10.9 Å². The fraction of sp³-hybridized carbons (Fsp3) is 0.222. The second-order valence-corrected chi connectivity index (χ2v) is 6.04. The second kappa shape index (κ2) is 6.72. The van der Waals surface area contributed by atoms with E-state index in [9.17, 15) is 9.90 Å². The molecule has 0 aliphatic rings. The van der Waals surface area contributed by atoms with Gasteiger partial charge in [-0.2, -0.15) is 5.10 Å². The smallest absolute Gasteiger partial charge is 0.341 e. The minimum absolute atomic E-state index is 0.0564. The van der Waals surface area contributed by atoms with Crippen molar-refractivity contribution in [3.8, 4) is 22.5 Å². The molecule has 3 rings (SSSR count). The molecule has 0 aliphatic carbocycles. The number of aromatic nitrogens is 4. The summed E-state index contributed by atoms with van der Waals surface area (Å²) in [5.41, 5.74) is 2.85. The van der Waals surface area contributed by atoms with Gasteiger partial charge in [-0.25, -0.2) is 14.8 Å². The van der Waals surface area contributed by atoms with E-state index in [1.165, 1.54) is 6.20 Å². The van der Waals surface area contributed by atoms with Crippen LogP contribution >= 0.6 is 0 Å². The van der Waals surface area contributed by atoms with Crippen LogP contribution in [0.1, 0.15) is 24.2 Å². The Bertz CT molecular complexity index is 917. The molecule has 2 N–H and O–H groups in total. The molecule has 2 heterocycles. The highest BCUT2D eigenvalue weighted by atomic mass is 16.4. The monoisotopic (exact) mass is 337 g/mol. The van der Waals surface area contributed by atoms with E-state index in [0.29, 0.717) is 11.6 Å². The quantitative estimate of drug-likeness (QED) is 0.743. The molecule has 128 valence electrons. The third-order valence-corrected chi connectivity index (χ3v) is 3.60. The first-order valence-electron chi connectivity index (χ1n) is 7.90. The van der Waals surface area contributed by atoms with Gasteiger partial charge in [-0.1, -0.05) is 18.2 Å². The molecule has 0 radical (unpaired) electrons. The number of hydrogen-bond donors (Lipinski definition) is 2. The zero-order chi connectivity index (χ0) is 18.0. The summed E-state index contributed by atoms with van der Waals surface area (Å²) in [5.74, 6) is -0.267. The maximum atomic E-state index is 11.4. The average Bonchev–Trinajstić information content (AvgIpc) is 3.00. The van der Waals surface area contributed by atoms with Gasteiger partial charge in [0.15, 0.2) is 5.82 Å². The maximum absolute atomic E-state index is 11.4. The van der Waals surface area contributed by atoms with Crippen molar-refractivity contribution < 1.29 is 9.90 Å². The van der Waals surface area contributed by atoms with Crippen molar-refractivity contribution in [1.29, 1.82) is 0 Å². The number of carbonyl (C=O) groups is 1. The standard InChI is InChI=1S/C18H19N5O2/c1-11(2)21-17-15(18(24)25)9-19-16(22-17)13-6-4-5-12(7-13)14-8-20-23(3)10-14/h4-11H,1-3H3,(H,24,25)(H,19,21,22). The summed E-state index contributed by atoms with van der Waals surface area (Å²) in [6.07, 6.45) is 5.06. The van der Waals surface area contributed by atoms with Gasteiger partial charge >= 0.3 is 5.97 Å². The van der Waals surface area contributed by atoms with Crippen LogP contribution in [0.15, 0.2) is 42.9 Å². The predicted molar refractivity (Wildman–Crippen MR) is 95.4 cm³/mol. The molecule has 0 aliphatic heterocycles. The van der Waals surface area contributed by atoms with Crippen LogP contribution in [0.3, 0.4) is 0 Å². The summed E-state index contributed by atoms with van der Waals surface area (Å²) in [7, 11) is 1.87. The van der Waals surface area contributed by atoms with Crippen LogP contribution < -0.4 is 5.32 Å². The number of aryl methyl sites for hydroxylation is 1. The van der Waals surface area contributed by atoms with Gasteiger partial charge in [0.25, 0.3) is 0 Å². The minimum atomic E-state index is -1.06. The van der Waals surface area contributed by atoms with E-state index < -0.39 is 5.97 Å². The number of rotatable bonds is 5. The van der Waals surface area contributed by atoms with Gasteiger partial charge in [0.1, 0.15) is 11.4 Å².